The van der Waals surface area contributed by atoms with Crippen LogP contribution in [-0.2, 0) is 24.5 Å². The van der Waals surface area contributed by atoms with Gasteiger partial charge in [-0.05, 0) is 46.5 Å². The van der Waals surface area contributed by atoms with Crippen molar-refractivity contribution >= 4 is 0 Å². The van der Waals surface area contributed by atoms with Gasteiger partial charge in [-0.15, -0.1) is 20.5 Å². The number of hydrogen-bond donors (Lipinski definition) is 0. The Hall–Kier alpha value is -4.74. The summed E-state index contributed by atoms with van der Waals surface area (Å²) >= 11 is 0. The lowest BCUT2D eigenvalue weighted by Gasteiger charge is -2.15. The van der Waals surface area contributed by atoms with Crippen molar-refractivity contribution < 1.29 is 35.8 Å². The summed E-state index contributed by atoms with van der Waals surface area (Å²) in [6, 6.07) is 26.4. The van der Waals surface area contributed by atoms with E-state index in [1.807, 2.05) is 24.3 Å². The van der Waals surface area contributed by atoms with E-state index in [0.717, 1.165) is 11.1 Å². The third-order valence-electron chi connectivity index (χ3n) is 6.96. The first-order chi connectivity index (χ1) is 20.0. The molecule has 42 heavy (non-hydrogen) atoms. The molecule has 0 fully saturated rings. The monoisotopic (exact) mass is 582 g/mol. The molecule has 6 nitrogen and oxygen atoms in total. The van der Waals surface area contributed by atoms with E-state index in [4.69, 9.17) is 9.47 Å². The van der Waals surface area contributed by atoms with Crippen molar-refractivity contribution in [3.63, 3.8) is 0 Å². The van der Waals surface area contributed by atoms with Crippen molar-refractivity contribution in [3.05, 3.63) is 119 Å². The number of alkyl halides is 6. The van der Waals surface area contributed by atoms with Crippen molar-refractivity contribution in [1.29, 1.82) is 0 Å². The van der Waals surface area contributed by atoms with Gasteiger partial charge in [0, 0.05) is 11.1 Å². The molecule has 4 aromatic rings. The van der Waals surface area contributed by atoms with Gasteiger partial charge in [0.1, 0.15) is 24.7 Å². The van der Waals surface area contributed by atoms with Crippen LogP contribution in [-0.4, -0.2) is 12.4 Å². The van der Waals surface area contributed by atoms with Crippen LogP contribution in [0.4, 0.5) is 26.3 Å². The Morgan fingerprint density at radius 1 is 0.452 bits per heavy atom. The first-order valence-corrected chi connectivity index (χ1v) is 12.7. The molecule has 6 rings (SSSR count). The lowest BCUT2D eigenvalue weighted by atomic mass is 10.0. The summed E-state index contributed by atoms with van der Waals surface area (Å²) in [4.78, 5) is 0. The van der Waals surface area contributed by atoms with E-state index in [0.29, 0.717) is 22.6 Å². The van der Waals surface area contributed by atoms with Gasteiger partial charge in [0.15, 0.2) is 0 Å². The van der Waals surface area contributed by atoms with Crippen molar-refractivity contribution in [1.82, 2.24) is 0 Å². The Morgan fingerprint density at radius 2 is 0.762 bits per heavy atom. The first kappa shape index (κ1) is 27.4. The predicted octanol–water partition coefficient (Wildman–Crippen LogP) is 8.87. The molecule has 0 spiro atoms. The van der Waals surface area contributed by atoms with Crippen LogP contribution in [0, 0.1) is 0 Å². The van der Waals surface area contributed by atoms with Crippen LogP contribution in [0.3, 0.4) is 0 Å². The minimum Gasteiger partial charge on any atom is -0.489 e. The second-order valence-electron chi connectivity index (χ2n) is 9.76. The van der Waals surface area contributed by atoms with Crippen molar-refractivity contribution in [3.8, 4) is 22.6 Å². The van der Waals surface area contributed by atoms with Gasteiger partial charge >= 0.3 is 23.7 Å². The maximum Gasteiger partial charge on any atom is 0.442 e. The molecule has 214 valence electrons. The number of benzene rings is 4. The van der Waals surface area contributed by atoms with Crippen LogP contribution in [0.5, 0.6) is 11.5 Å². The van der Waals surface area contributed by atoms with Gasteiger partial charge in [-0.2, -0.15) is 26.3 Å². The SMILES string of the molecule is FC(F)(F)C1(c2ccc(COc3ccc(-c4ccc(OCc5ccc(C6(C(F)(F)F)N=N6)cc5)cc4)cc3)cc2)N=N1. The molecule has 2 aliphatic heterocycles. The molecule has 0 amide bonds. The summed E-state index contributed by atoms with van der Waals surface area (Å²) in [7, 11) is 0. The van der Waals surface area contributed by atoms with E-state index in [-0.39, 0.29) is 24.3 Å². The summed E-state index contributed by atoms with van der Waals surface area (Å²) in [5, 5.41) is 12.8. The summed E-state index contributed by atoms with van der Waals surface area (Å²) in [5.74, 6) is 1.19. The molecule has 0 saturated heterocycles. The van der Waals surface area contributed by atoms with Gasteiger partial charge in [-0.25, -0.2) is 0 Å². The van der Waals surface area contributed by atoms with E-state index in [1.54, 1.807) is 48.5 Å². The van der Waals surface area contributed by atoms with Crippen LogP contribution in [0.25, 0.3) is 11.1 Å². The second kappa shape index (κ2) is 9.97. The Balaban J connectivity index is 1.00. The Morgan fingerprint density at radius 3 is 1.02 bits per heavy atom. The van der Waals surface area contributed by atoms with E-state index < -0.39 is 23.7 Å². The fourth-order valence-corrected chi connectivity index (χ4v) is 4.37. The molecule has 0 radical (unpaired) electrons. The van der Waals surface area contributed by atoms with Crippen LogP contribution in [0.15, 0.2) is 118 Å². The molecule has 2 heterocycles. The Bertz CT molecular complexity index is 1490. The first-order valence-electron chi connectivity index (χ1n) is 12.7. The van der Waals surface area contributed by atoms with Crippen LogP contribution < -0.4 is 9.47 Å². The quantitative estimate of drug-likeness (QED) is 0.185. The number of ether oxygens (including phenoxy) is 2. The molecule has 0 aromatic heterocycles. The highest BCUT2D eigenvalue weighted by Gasteiger charge is 2.65. The molecule has 0 saturated carbocycles. The maximum absolute atomic E-state index is 13.1. The van der Waals surface area contributed by atoms with Gasteiger partial charge in [-0.1, -0.05) is 72.8 Å². The van der Waals surface area contributed by atoms with Gasteiger partial charge in [-0.3, -0.25) is 0 Å². The zero-order valence-corrected chi connectivity index (χ0v) is 21.5. The molecule has 4 aromatic carbocycles. The molecule has 0 unspecified atom stereocenters. The summed E-state index contributed by atoms with van der Waals surface area (Å²) in [6.45, 7) is 0.352. The third kappa shape index (κ3) is 5.19. The minimum absolute atomic E-state index is 0.0299. The molecule has 2 aliphatic rings. The highest BCUT2D eigenvalue weighted by atomic mass is 19.4. The fraction of sp³-hybridized carbons (Fsp3) is 0.200. The van der Waals surface area contributed by atoms with Crippen molar-refractivity contribution in [2.24, 2.45) is 20.5 Å². The summed E-state index contributed by atoms with van der Waals surface area (Å²) < 4.78 is 90.4. The van der Waals surface area contributed by atoms with Crippen molar-refractivity contribution in [2.75, 3.05) is 0 Å². The second-order valence-corrected chi connectivity index (χ2v) is 9.76. The zero-order valence-electron chi connectivity index (χ0n) is 21.5. The molecule has 0 bridgehead atoms. The number of hydrogen-bond acceptors (Lipinski definition) is 6. The molecular formula is C30H20F6N4O2. The molecular weight excluding hydrogens is 562 g/mol. The predicted molar refractivity (Wildman–Crippen MR) is 139 cm³/mol. The van der Waals surface area contributed by atoms with Crippen LogP contribution >= 0.6 is 0 Å². The van der Waals surface area contributed by atoms with Gasteiger partial charge in [0.05, 0.1) is 0 Å². The molecule has 0 atom stereocenters. The number of rotatable bonds is 9. The standard InChI is InChI=1S/C30H20F6N4O2/c31-29(32,33)27(37-38-27)23-9-1-19(2-10-23)17-41-25-13-5-21(6-14-25)22-7-15-26(16-8-22)42-18-20-3-11-24(12-4-20)28(39-40-28)30(34,35)36/h1-16H,17-18H2. The average molecular weight is 583 g/mol. The van der Waals surface area contributed by atoms with Gasteiger partial charge in [0.25, 0.3) is 0 Å². The fourth-order valence-electron chi connectivity index (χ4n) is 4.37. The lowest BCUT2D eigenvalue weighted by Crippen LogP contribution is -2.30. The highest BCUT2D eigenvalue weighted by molar-refractivity contribution is 5.64. The maximum atomic E-state index is 13.1. The van der Waals surface area contributed by atoms with E-state index in [1.165, 1.54) is 24.3 Å². The number of nitrogens with zero attached hydrogens (tertiary/aromatic N) is 4. The van der Waals surface area contributed by atoms with Gasteiger partial charge < -0.3 is 9.47 Å². The van der Waals surface area contributed by atoms with Crippen LogP contribution in [0.1, 0.15) is 22.3 Å². The molecule has 12 heteroatoms. The average Bonchev–Trinajstić information content (AvgIpc) is 3.90. The smallest absolute Gasteiger partial charge is 0.442 e. The normalized spacial score (nSPS) is 16.2. The van der Waals surface area contributed by atoms with E-state index >= 15 is 0 Å². The summed E-state index contributed by atoms with van der Waals surface area (Å²) in [5.41, 5.74) is -1.67. The van der Waals surface area contributed by atoms with Crippen molar-refractivity contribution in [2.45, 2.75) is 36.9 Å². The zero-order chi connectivity index (χ0) is 29.6. The van der Waals surface area contributed by atoms with E-state index in [9.17, 15) is 26.3 Å². The Labute approximate surface area is 235 Å². The van der Waals surface area contributed by atoms with Gasteiger partial charge in [0.2, 0.25) is 0 Å². The largest absolute Gasteiger partial charge is 0.489 e. The summed E-state index contributed by atoms with van der Waals surface area (Å²) in [6.07, 6.45) is -9.13. The third-order valence-corrected chi connectivity index (χ3v) is 6.96. The highest BCUT2D eigenvalue weighted by Crippen LogP contribution is 2.53. The molecule has 0 aliphatic carbocycles. The molecule has 0 N–H and O–H groups in total. The topological polar surface area (TPSA) is 67.9 Å². The van der Waals surface area contributed by atoms with Crippen LogP contribution in [0.2, 0.25) is 0 Å². The Kier molecular flexibility index (Phi) is 6.51. The lowest BCUT2D eigenvalue weighted by molar-refractivity contribution is -0.166. The number of halogens is 6. The minimum atomic E-state index is -4.56. The van der Waals surface area contributed by atoms with E-state index in [2.05, 4.69) is 20.5 Å².